The number of aryl methyl sites for hydroxylation is 1. The monoisotopic (exact) mass is 243 g/mol. The smallest absolute Gasteiger partial charge is 0.121 e. The Morgan fingerprint density at radius 3 is 2.77 bits per heavy atom. The molecule has 0 spiro atoms. The topological polar surface area (TPSA) is 21.3 Å². The Labute approximate surface area is 87.4 Å². The Morgan fingerprint density at radius 2 is 2.23 bits per heavy atom. The second-order valence-electron chi connectivity index (χ2n) is 2.86. The SMILES string of the molecule is COc1ccc(CNCBr)cc1C. The highest BCUT2D eigenvalue weighted by molar-refractivity contribution is 9.09. The number of nitrogens with one attached hydrogen (secondary N) is 1. The highest BCUT2D eigenvalue weighted by atomic mass is 79.9. The van der Waals surface area contributed by atoms with Crippen LogP contribution in [0.5, 0.6) is 5.75 Å². The first kappa shape index (κ1) is 10.5. The van der Waals surface area contributed by atoms with Gasteiger partial charge in [-0.25, -0.2) is 0 Å². The summed E-state index contributed by atoms with van der Waals surface area (Å²) < 4.78 is 5.17. The summed E-state index contributed by atoms with van der Waals surface area (Å²) in [7, 11) is 1.69. The van der Waals surface area contributed by atoms with Crippen LogP contribution in [0.25, 0.3) is 0 Å². The van der Waals surface area contributed by atoms with E-state index in [1.54, 1.807) is 7.11 Å². The van der Waals surface area contributed by atoms with E-state index in [1.807, 2.05) is 6.07 Å². The van der Waals surface area contributed by atoms with Gasteiger partial charge >= 0.3 is 0 Å². The van der Waals surface area contributed by atoms with E-state index in [1.165, 1.54) is 11.1 Å². The maximum atomic E-state index is 5.17. The quantitative estimate of drug-likeness (QED) is 0.648. The number of hydrogen-bond acceptors (Lipinski definition) is 2. The maximum absolute atomic E-state index is 5.17. The van der Waals surface area contributed by atoms with Crippen LogP contribution in [0, 0.1) is 6.92 Å². The minimum Gasteiger partial charge on any atom is -0.496 e. The van der Waals surface area contributed by atoms with Crippen molar-refractivity contribution in [3.05, 3.63) is 29.3 Å². The number of hydrogen-bond donors (Lipinski definition) is 1. The van der Waals surface area contributed by atoms with Crippen LogP contribution in [0.15, 0.2) is 18.2 Å². The molecule has 0 aliphatic heterocycles. The molecule has 0 fully saturated rings. The Kier molecular flexibility index (Phi) is 4.25. The lowest BCUT2D eigenvalue weighted by molar-refractivity contribution is 0.411. The summed E-state index contributed by atoms with van der Waals surface area (Å²) in [4.78, 5) is 0. The van der Waals surface area contributed by atoms with E-state index < -0.39 is 0 Å². The van der Waals surface area contributed by atoms with Crippen molar-refractivity contribution in [3.8, 4) is 5.75 Å². The number of methoxy groups -OCH3 is 1. The third kappa shape index (κ3) is 3.01. The second kappa shape index (κ2) is 5.25. The fourth-order valence-electron chi connectivity index (χ4n) is 1.24. The zero-order valence-electron chi connectivity index (χ0n) is 7.93. The van der Waals surface area contributed by atoms with E-state index in [0.29, 0.717) is 0 Å². The average molecular weight is 244 g/mol. The summed E-state index contributed by atoms with van der Waals surface area (Å²) in [6.45, 7) is 2.94. The van der Waals surface area contributed by atoms with Crippen LogP contribution in [0.4, 0.5) is 0 Å². The largest absolute Gasteiger partial charge is 0.496 e. The van der Waals surface area contributed by atoms with Gasteiger partial charge in [0.25, 0.3) is 0 Å². The molecule has 3 heteroatoms. The van der Waals surface area contributed by atoms with Gasteiger partial charge in [-0.3, -0.25) is 0 Å². The first-order valence-corrected chi connectivity index (χ1v) is 5.30. The first-order valence-electron chi connectivity index (χ1n) is 4.18. The molecule has 13 heavy (non-hydrogen) atoms. The summed E-state index contributed by atoms with van der Waals surface area (Å²) in [5, 5.41) is 3.21. The van der Waals surface area contributed by atoms with E-state index in [0.717, 1.165) is 17.7 Å². The lowest BCUT2D eigenvalue weighted by Gasteiger charge is -2.07. The molecule has 0 saturated carbocycles. The highest BCUT2D eigenvalue weighted by Gasteiger charge is 1.98. The van der Waals surface area contributed by atoms with Gasteiger partial charge in [0.1, 0.15) is 5.75 Å². The van der Waals surface area contributed by atoms with Crippen molar-refractivity contribution in [2.24, 2.45) is 0 Å². The maximum Gasteiger partial charge on any atom is 0.121 e. The van der Waals surface area contributed by atoms with E-state index >= 15 is 0 Å². The Bertz CT molecular complexity index is 276. The van der Waals surface area contributed by atoms with Gasteiger partial charge in [0.15, 0.2) is 0 Å². The summed E-state index contributed by atoms with van der Waals surface area (Å²) >= 11 is 3.32. The zero-order valence-corrected chi connectivity index (χ0v) is 9.52. The minimum atomic E-state index is 0.818. The van der Waals surface area contributed by atoms with Crippen LogP contribution in [0.2, 0.25) is 0 Å². The zero-order chi connectivity index (χ0) is 9.68. The molecule has 0 atom stereocenters. The van der Waals surface area contributed by atoms with Crippen molar-refractivity contribution in [1.29, 1.82) is 0 Å². The molecular weight excluding hydrogens is 230 g/mol. The van der Waals surface area contributed by atoms with Gasteiger partial charge in [-0.1, -0.05) is 28.1 Å². The van der Waals surface area contributed by atoms with Gasteiger partial charge in [-0.05, 0) is 24.1 Å². The molecule has 0 aromatic heterocycles. The van der Waals surface area contributed by atoms with Crippen LogP contribution in [-0.2, 0) is 6.54 Å². The molecule has 1 rings (SSSR count). The molecule has 0 aliphatic carbocycles. The van der Waals surface area contributed by atoms with Crippen molar-refractivity contribution in [1.82, 2.24) is 5.32 Å². The van der Waals surface area contributed by atoms with Crippen LogP contribution >= 0.6 is 15.9 Å². The molecule has 1 aromatic rings. The average Bonchev–Trinajstić information content (AvgIpc) is 2.15. The lowest BCUT2D eigenvalue weighted by atomic mass is 10.1. The summed E-state index contributed by atoms with van der Waals surface area (Å²) in [5.74, 6) is 0.947. The predicted octanol–water partition coefficient (Wildman–Crippen LogP) is 2.45. The Balaban J connectivity index is 2.71. The van der Waals surface area contributed by atoms with Crippen molar-refractivity contribution in [3.63, 3.8) is 0 Å². The molecule has 0 aliphatic rings. The fourth-order valence-corrected chi connectivity index (χ4v) is 1.44. The number of alkyl halides is 1. The summed E-state index contributed by atoms with van der Waals surface area (Å²) in [6.07, 6.45) is 0. The number of halogens is 1. The molecule has 1 N–H and O–H groups in total. The van der Waals surface area contributed by atoms with Crippen LogP contribution < -0.4 is 10.1 Å². The molecule has 0 heterocycles. The van der Waals surface area contributed by atoms with Crippen molar-refractivity contribution >= 4 is 15.9 Å². The molecule has 0 bridgehead atoms. The molecule has 0 unspecified atom stereocenters. The summed E-state index contributed by atoms with van der Waals surface area (Å²) in [6, 6.07) is 6.20. The van der Waals surface area contributed by atoms with Gasteiger partial charge in [-0.15, -0.1) is 0 Å². The standard InChI is InChI=1S/C10H14BrNO/c1-8-5-9(6-12-7-11)3-4-10(8)13-2/h3-5,12H,6-7H2,1-2H3. The molecule has 0 saturated heterocycles. The number of rotatable bonds is 4. The van der Waals surface area contributed by atoms with E-state index in [9.17, 15) is 0 Å². The molecular formula is C10H14BrNO. The Hall–Kier alpha value is -0.540. The Morgan fingerprint density at radius 1 is 1.46 bits per heavy atom. The van der Waals surface area contributed by atoms with Gasteiger partial charge in [0.05, 0.1) is 12.6 Å². The predicted molar refractivity (Wildman–Crippen MR) is 58.4 cm³/mol. The van der Waals surface area contributed by atoms with E-state index in [4.69, 9.17) is 4.74 Å². The normalized spacial score (nSPS) is 10.1. The molecule has 0 radical (unpaired) electrons. The van der Waals surface area contributed by atoms with Gasteiger partial charge in [0, 0.05) is 6.54 Å². The third-order valence-corrected chi connectivity index (χ3v) is 2.28. The van der Waals surface area contributed by atoms with Crippen molar-refractivity contribution < 1.29 is 4.74 Å². The minimum absolute atomic E-state index is 0.818. The van der Waals surface area contributed by atoms with E-state index in [2.05, 4.69) is 40.3 Å². The number of benzene rings is 1. The third-order valence-electron chi connectivity index (χ3n) is 1.88. The lowest BCUT2D eigenvalue weighted by Crippen LogP contribution is -2.09. The molecule has 0 amide bonds. The molecule has 1 aromatic carbocycles. The van der Waals surface area contributed by atoms with Crippen LogP contribution in [-0.4, -0.2) is 12.6 Å². The summed E-state index contributed by atoms with van der Waals surface area (Å²) in [5.41, 5.74) is 3.27. The van der Waals surface area contributed by atoms with Crippen LogP contribution in [0.3, 0.4) is 0 Å². The van der Waals surface area contributed by atoms with E-state index in [-0.39, 0.29) is 0 Å². The van der Waals surface area contributed by atoms with Crippen LogP contribution in [0.1, 0.15) is 11.1 Å². The highest BCUT2D eigenvalue weighted by Crippen LogP contribution is 2.18. The number of ether oxygens (including phenoxy) is 1. The van der Waals surface area contributed by atoms with Gasteiger partial charge in [0.2, 0.25) is 0 Å². The first-order chi connectivity index (χ1) is 6.27. The fraction of sp³-hybridized carbons (Fsp3) is 0.400. The van der Waals surface area contributed by atoms with Gasteiger partial charge in [-0.2, -0.15) is 0 Å². The van der Waals surface area contributed by atoms with Gasteiger partial charge < -0.3 is 10.1 Å². The van der Waals surface area contributed by atoms with Crippen molar-refractivity contribution in [2.45, 2.75) is 13.5 Å². The second-order valence-corrected chi connectivity index (χ2v) is 3.43. The molecule has 2 nitrogen and oxygen atoms in total. The van der Waals surface area contributed by atoms with Crippen molar-refractivity contribution in [2.75, 3.05) is 12.6 Å². The molecule has 72 valence electrons.